The summed E-state index contributed by atoms with van der Waals surface area (Å²) in [4.78, 5) is 61.0. The normalized spacial score (nSPS) is 17.9. The average molecular weight is 532 g/mol. The number of methoxy groups -OCH3 is 1. The smallest absolute Gasteiger partial charge is 0.410 e. The van der Waals surface area contributed by atoms with Gasteiger partial charge in [-0.2, -0.15) is 0 Å². The summed E-state index contributed by atoms with van der Waals surface area (Å²) >= 11 is 0.622. The van der Waals surface area contributed by atoms with Crippen LogP contribution in [-0.4, -0.2) is 60.8 Å². The van der Waals surface area contributed by atoms with Crippen molar-refractivity contribution < 1.29 is 47.7 Å². The van der Waals surface area contributed by atoms with E-state index in [1.165, 1.54) is 13.8 Å². The van der Waals surface area contributed by atoms with Gasteiger partial charge in [-0.3, -0.25) is 9.59 Å². The number of hydrogen-bond acceptors (Lipinski definition) is 11. The Morgan fingerprint density at radius 3 is 1.72 bits per heavy atom. The van der Waals surface area contributed by atoms with Crippen LogP contribution in [0.3, 0.4) is 0 Å². The van der Waals surface area contributed by atoms with Gasteiger partial charge < -0.3 is 29.0 Å². The average Bonchev–Trinajstić information content (AvgIpc) is 2.87. The molecule has 0 heterocycles. The topological polar surface area (TPSA) is 144 Å². The van der Waals surface area contributed by atoms with E-state index in [1.54, 1.807) is 0 Å². The minimum Gasteiger partial charge on any atom is -0.467 e. The molecular weight excluding hydrogens is 494 g/mol. The molecule has 1 amide bonds. The molecule has 0 aliphatic heterocycles. The Labute approximate surface area is 215 Å². The van der Waals surface area contributed by atoms with Crippen LogP contribution in [0.2, 0.25) is 0 Å². The molecule has 0 radical (unpaired) electrons. The first-order chi connectivity index (χ1) is 17.1. The molecule has 0 bridgehead atoms. The van der Waals surface area contributed by atoms with Gasteiger partial charge in [-0.25, -0.2) is 14.4 Å². The number of rotatable bonds is 10. The standard InChI is InChI=1S/C24H37NO10S/c1-24(2,36-23(30)35-15-33-20(27)17-12-8-5-9-13-17)18(21(28)31-3)25-22(29)34-14-32-19(26)16-10-6-4-7-11-16/h16-18H,4-15H2,1-3H3,(H,25,29)/t18-/m0/s1. The maximum atomic E-state index is 12.3. The van der Waals surface area contributed by atoms with Crippen molar-refractivity contribution in [1.29, 1.82) is 0 Å². The zero-order valence-corrected chi connectivity index (χ0v) is 22.0. The number of ether oxygens (including phenoxy) is 5. The van der Waals surface area contributed by atoms with Crippen molar-refractivity contribution in [3.8, 4) is 0 Å². The Kier molecular flexibility index (Phi) is 12.3. The fourth-order valence-corrected chi connectivity index (χ4v) is 5.10. The summed E-state index contributed by atoms with van der Waals surface area (Å²) in [5.41, 5.74) is 0. The maximum Gasteiger partial charge on any atom is 0.410 e. The number of esters is 3. The lowest BCUT2D eigenvalue weighted by atomic mass is 9.89. The Balaban J connectivity index is 1.78. The third-order valence-electron chi connectivity index (χ3n) is 6.39. The first kappa shape index (κ1) is 29.7. The maximum absolute atomic E-state index is 12.3. The van der Waals surface area contributed by atoms with Crippen LogP contribution >= 0.6 is 11.8 Å². The van der Waals surface area contributed by atoms with Crippen LogP contribution in [0.4, 0.5) is 9.59 Å². The van der Waals surface area contributed by atoms with Crippen molar-refractivity contribution in [1.82, 2.24) is 5.32 Å². The zero-order chi connectivity index (χ0) is 26.6. The Hall–Kier alpha value is -2.50. The van der Waals surface area contributed by atoms with Gasteiger partial charge in [-0.05, 0) is 51.3 Å². The molecule has 2 fully saturated rings. The minimum absolute atomic E-state index is 0.178. The van der Waals surface area contributed by atoms with Gasteiger partial charge in [0.2, 0.25) is 13.6 Å². The molecule has 1 N–H and O–H groups in total. The summed E-state index contributed by atoms with van der Waals surface area (Å²) in [6.45, 7) is 1.91. The predicted octanol–water partition coefficient (Wildman–Crippen LogP) is 4.06. The SMILES string of the molecule is COC(=O)[C@H](NC(=O)OCOC(=O)C1CCCCC1)C(C)(C)SC(=O)OCOC(=O)C1CCCCC1. The molecule has 2 rings (SSSR count). The van der Waals surface area contributed by atoms with Crippen molar-refractivity contribution in [2.24, 2.45) is 11.8 Å². The molecule has 2 aliphatic carbocycles. The molecule has 204 valence electrons. The molecule has 11 nitrogen and oxygen atoms in total. The second-order valence-electron chi connectivity index (χ2n) is 9.46. The summed E-state index contributed by atoms with van der Waals surface area (Å²) in [5, 5.41) is 1.54. The summed E-state index contributed by atoms with van der Waals surface area (Å²) in [7, 11) is 1.14. The van der Waals surface area contributed by atoms with Crippen molar-refractivity contribution in [3.63, 3.8) is 0 Å². The fourth-order valence-electron chi connectivity index (χ4n) is 4.29. The van der Waals surface area contributed by atoms with E-state index in [0.717, 1.165) is 71.3 Å². The first-order valence-electron chi connectivity index (χ1n) is 12.3. The number of alkyl carbamates (subject to hydrolysis) is 1. The second-order valence-corrected chi connectivity index (χ2v) is 11.1. The van der Waals surface area contributed by atoms with E-state index in [9.17, 15) is 24.0 Å². The van der Waals surface area contributed by atoms with E-state index in [2.05, 4.69) is 5.32 Å². The summed E-state index contributed by atoms with van der Waals surface area (Å²) in [6, 6.07) is -1.30. The van der Waals surface area contributed by atoms with Crippen LogP contribution in [0.15, 0.2) is 0 Å². The third kappa shape index (κ3) is 9.87. The summed E-state index contributed by atoms with van der Waals surface area (Å²) in [6.07, 6.45) is 8.03. The Morgan fingerprint density at radius 1 is 0.778 bits per heavy atom. The van der Waals surface area contributed by atoms with Gasteiger partial charge in [0.15, 0.2) is 0 Å². The molecule has 1 atom stereocenters. The number of nitrogens with one attached hydrogen (secondary N) is 1. The molecule has 12 heteroatoms. The Bertz CT molecular complexity index is 775. The molecule has 0 spiro atoms. The van der Waals surface area contributed by atoms with E-state index < -0.39 is 53.7 Å². The number of carbonyl (C=O) groups excluding carboxylic acids is 5. The molecule has 2 saturated carbocycles. The number of carbonyl (C=O) groups is 5. The summed E-state index contributed by atoms with van der Waals surface area (Å²) < 4.78 is 23.5. The molecule has 0 aromatic carbocycles. The number of thioether (sulfide) groups is 1. The quantitative estimate of drug-likeness (QED) is 0.247. The van der Waals surface area contributed by atoms with E-state index in [0.29, 0.717) is 11.8 Å². The van der Waals surface area contributed by atoms with Gasteiger partial charge in [0.1, 0.15) is 6.04 Å². The minimum atomic E-state index is -1.30. The van der Waals surface area contributed by atoms with E-state index >= 15 is 0 Å². The first-order valence-corrected chi connectivity index (χ1v) is 13.2. The highest BCUT2D eigenvalue weighted by molar-refractivity contribution is 8.14. The van der Waals surface area contributed by atoms with Crippen molar-refractivity contribution >= 4 is 41.1 Å². The van der Waals surface area contributed by atoms with Crippen LogP contribution in [0.5, 0.6) is 0 Å². The molecule has 0 saturated heterocycles. The highest BCUT2D eigenvalue weighted by Crippen LogP contribution is 2.31. The lowest BCUT2D eigenvalue weighted by Crippen LogP contribution is -2.53. The second kappa shape index (κ2) is 14.9. The van der Waals surface area contributed by atoms with Crippen LogP contribution in [0.25, 0.3) is 0 Å². The largest absolute Gasteiger partial charge is 0.467 e. The van der Waals surface area contributed by atoms with Gasteiger partial charge >= 0.3 is 29.3 Å². The zero-order valence-electron chi connectivity index (χ0n) is 21.2. The van der Waals surface area contributed by atoms with E-state index in [-0.39, 0.29) is 11.8 Å². The fraction of sp³-hybridized carbons (Fsp3) is 0.792. The Morgan fingerprint density at radius 2 is 1.25 bits per heavy atom. The number of hydrogen-bond donors (Lipinski definition) is 1. The van der Waals surface area contributed by atoms with Crippen molar-refractivity contribution in [2.45, 2.75) is 88.8 Å². The van der Waals surface area contributed by atoms with Crippen LogP contribution in [-0.2, 0) is 38.1 Å². The molecule has 0 unspecified atom stereocenters. The highest BCUT2D eigenvalue weighted by atomic mass is 32.2. The molecule has 0 aromatic heterocycles. The van der Waals surface area contributed by atoms with Crippen molar-refractivity contribution in [3.05, 3.63) is 0 Å². The molecular formula is C24H37NO10S. The molecule has 0 aromatic rings. The van der Waals surface area contributed by atoms with Crippen LogP contribution < -0.4 is 5.32 Å². The van der Waals surface area contributed by atoms with E-state index in [1.807, 2.05) is 0 Å². The van der Waals surface area contributed by atoms with Gasteiger partial charge in [-0.1, -0.05) is 38.5 Å². The lowest BCUT2D eigenvalue weighted by molar-refractivity contribution is -0.159. The monoisotopic (exact) mass is 531 g/mol. The van der Waals surface area contributed by atoms with Crippen LogP contribution in [0.1, 0.15) is 78.1 Å². The predicted molar refractivity (Wildman–Crippen MR) is 129 cm³/mol. The van der Waals surface area contributed by atoms with Crippen LogP contribution in [0, 0.1) is 11.8 Å². The molecule has 2 aliphatic rings. The van der Waals surface area contributed by atoms with Gasteiger partial charge in [-0.15, -0.1) is 0 Å². The van der Waals surface area contributed by atoms with Gasteiger partial charge in [0.05, 0.1) is 23.7 Å². The van der Waals surface area contributed by atoms with Gasteiger partial charge in [0.25, 0.3) is 0 Å². The van der Waals surface area contributed by atoms with Crippen molar-refractivity contribution in [2.75, 3.05) is 20.7 Å². The third-order valence-corrected chi connectivity index (χ3v) is 7.43. The lowest BCUT2D eigenvalue weighted by Gasteiger charge is -2.30. The molecule has 36 heavy (non-hydrogen) atoms. The van der Waals surface area contributed by atoms with Gasteiger partial charge in [0, 0.05) is 0 Å². The number of amides is 1. The highest BCUT2D eigenvalue weighted by Gasteiger charge is 2.41. The summed E-state index contributed by atoms with van der Waals surface area (Å²) in [5.74, 6) is -2.01. The van der Waals surface area contributed by atoms with E-state index in [4.69, 9.17) is 23.7 Å².